The maximum atomic E-state index is 3.46. The molecule has 0 aromatic rings. The number of hydrogen-bond donors (Lipinski definition) is 0. The van der Waals surface area contributed by atoms with E-state index in [1.165, 1.54) is 12.4 Å². The maximum Gasteiger partial charge on any atom is 0.0515 e. The lowest BCUT2D eigenvalue weighted by atomic mass is 10.5. The van der Waals surface area contributed by atoms with Gasteiger partial charge in [-0.1, -0.05) is 0 Å². The molecule has 0 bridgehead atoms. The van der Waals surface area contributed by atoms with E-state index in [4.69, 9.17) is 0 Å². The highest BCUT2D eigenvalue weighted by molar-refractivity contribution is 5.85. The van der Waals surface area contributed by atoms with Crippen LogP contribution in [0.2, 0.25) is 0 Å². The van der Waals surface area contributed by atoms with Crippen LogP contribution >= 0.6 is 12.4 Å². The van der Waals surface area contributed by atoms with E-state index in [0.717, 1.165) is 0 Å². The predicted molar refractivity (Wildman–Crippen MR) is 38.2 cm³/mol. The summed E-state index contributed by atoms with van der Waals surface area (Å²) in [6.07, 6.45) is 6.52. The third kappa shape index (κ3) is 3.54. The van der Waals surface area contributed by atoms with Crippen LogP contribution in [0, 0.1) is 0 Å². The zero-order valence-corrected chi connectivity index (χ0v) is 5.32. The molecule has 0 saturated heterocycles. The molecule has 0 aromatic heterocycles. The van der Waals surface area contributed by atoms with E-state index in [0.29, 0.717) is 0 Å². The summed E-state index contributed by atoms with van der Waals surface area (Å²) in [5.41, 5.74) is 0. The molecule has 0 N–H and O–H groups in total. The quantitative estimate of drug-likeness (QED) is 0.494. The molecule has 4 nitrogen and oxygen atoms in total. The van der Waals surface area contributed by atoms with Gasteiger partial charge in [0, 0.05) is 0 Å². The van der Waals surface area contributed by atoms with Crippen molar-refractivity contribution in [2.24, 2.45) is 20.6 Å². The first kappa shape index (κ1) is 7.97. The molecule has 0 aliphatic carbocycles. The van der Waals surface area contributed by atoms with Crippen LogP contribution < -0.4 is 0 Å². The lowest BCUT2D eigenvalue weighted by molar-refractivity contribution is 0.965. The molecule has 5 heteroatoms. The van der Waals surface area contributed by atoms with E-state index in [2.05, 4.69) is 20.6 Å². The second-order valence-corrected chi connectivity index (χ2v) is 1.09. The SMILES string of the molecule is C1=C\C=N/N=N\N=C/1.Cl. The molecular weight excluding hydrogens is 140 g/mol. The number of allylic oxidation sites excluding steroid dienone is 2. The smallest absolute Gasteiger partial charge is 0.0515 e. The molecule has 1 aliphatic heterocycles. The molecule has 1 rings (SSSR count). The number of nitrogens with zero attached hydrogens (tertiary/aromatic N) is 4. The number of halogens is 1. The van der Waals surface area contributed by atoms with Gasteiger partial charge in [0.15, 0.2) is 0 Å². The largest absolute Gasteiger partial charge is 0.147 e. The Balaban J connectivity index is 0.000000640. The van der Waals surface area contributed by atoms with Gasteiger partial charge in [-0.25, -0.2) is 0 Å². The zero-order valence-electron chi connectivity index (χ0n) is 4.51. The van der Waals surface area contributed by atoms with Gasteiger partial charge in [0.05, 0.1) is 12.4 Å². The Labute approximate surface area is 58.5 Å². The van der Waals surface area contributed by atoms with Gasteiger partial charge in [0.25, 0.3) is 0 Å². The highest BCUT2D eigenvalue weighted by Gasteiger charge is 1.68. The average molecular weight is 145 g/mol. The summed E-state index contributed by atoms with van der Waals surface area (Å²) in [6, 6.07) is 0. The van der Waals surface area contributed by atoms with Gasteiger partial charge in [-0.2, -0.15) is 0 Å². The molecule has 9 heavy (non-hydrogen) atoms. The summed E-state index contributed by atoms with van der Waals surface area (Å²) < 4.78 is 0. The Bertz CT molecular complexity index is 113. The third-order valence-electron chi connectivity index (χ3n) is 0.560. The molecule has 48 valence electrons. The van der Waals surface area contributed by atoms with Gasteiger partial charge in [0.1, 0.15) is 0 Å². The van der Waals surface area contributed by atoms with Gasteiger partial charge in [-0.05, 0) is 22.6 Å². The second kappa shape index (κ2) is 5.11. The van der Waals surface area contributed by atoms with Gasteiger partial charge in [-0.3, -0.25) is 0 Å². The molecule has 0 saturated carbocycles. The van der Waals surface area contributed by atoms with E-state index in [9.17, 15) is 0 Å². The van der Waals surface area contributed by atoms with Crippen molar-refractivity contribution >= 4 is 24.8 Å². The summed E-state index contributed by atoms with van der Waals surface area (Å²) in [7, 11) is 0. The molecule has 0 spiro atoms. The molecule has 0 amide bonds. The predicted octanol–water partition coefficient (Wildman–Crippen LogP) is 1.40. The Kier molecular flexibility index (Phi) is 4.53. The molecular formula is C4H5ClN4. The van der Waals surface area contributed by atoms with E-state index in [1.54, 1.807) is 12.2 Å². The van der Waals surface area contributed by atoms with Crippen molar-refractivity contribution in [2.75, 3.05) is 0 Å². The fraction of sp³-hybridized carbons (Fsp3) is 0. The van der Waals surface area contributed by atoms with Crippen LogP contribution in [0.4, 0.5) is 0 Å². The molecule has 1 aliphatic rings. The van der Waals surface area contributed by atoms with Crippen molar-refractivity contribution < 1.29 is 0 Å². The van der Waals surface area contributed by atoms with E-state index in [-0.39, 0.29) is 12.4 Å². The lowest BCUT2D eigenvalue weighted by Crippen LogP contribution is -1.67. The first-order chi connectivity index (χ1) is 4.00. The van der Waals surface area contributed by atoms with Crippen molar-refractivity contribution in [3.05, 3.63) is 12.2 Å². The first-order valence-corrected chi connectivity index (χ1v) is 2.12. The normalized spacial score (nSPS) is 28.4. The molecule has 1 heterocycles. The van der Waals surface area contributed by atoms with Crippen molar-refractivity contribution in [1.82, 2.24) is 0 Å². The topological polar surface area (TPSA) is 49.4 Å². The third-order valence-corrected chi connectivity index (χ3v) is 0.560. The maximum absolute atomic E-state index is 3.46. The molecule has 0 unspecified atom stereocenters. The van der Waals surface area contributed by atoms with Crippen LogP contribution in [0.3, 0.4) is 0 Å². The van der Waals surface area contributed by atoms with Crippen LogP contribution in [0.1, 0.15) is 0 Å². The number of rotatable bonds is 0. The van der Waals surface area contributed by atoms with Crippen LogP contribution in [-0.4, -0.2) is 12.4 Å². The van der Waals surface area contributed by atoms with Gasteiger partial charge >= 0.3 is 0 Å². The van der Waals surface area contributed by atoms with E-state index >= 15 is 0 Å². The fourth-order valence-electron chi connectivity index (χ4n) is 0.282. The Morgan fingerprint density at radius 1 is 0.778 bits per heavy atom. The van der Waals surface area contributed by atoms with Crippen molar-refractivity contribution in [3.8, 4) is 0 Å². The summed E-state index contributed by atoms with van der Waals surface area (Å²) in [5, 5.41) is 13.5. The molecule has 0 aromatic carbocycles. The zero-order chi connectivity index (χ0) is 5.66. The fourth-order valence-corrected chi connectivity index (χ4v) is 0.282. The molecule has 0 fully saturated rings. The Hall–Kier alpha value is -1.03. The highest BCUT2D eigenvalue weighted by Crippen LogP contribution is 1.80. The standard InChI is InChI=1S/C4H4N4.ClH/c1-2-4-6-8-7-5-3-1;/h1-4H;1H/b2-1-,3-1?,4-2?,5-3-,6-4-,7-5?,8-6?,8-7-;. The van der Waals surface area contributed by atoms with E-state index in [1.807, 2.05) is 0 Å². The second-order valence-electron chi connectivity index (χ2n) is 1.09. The van der Waals surface area contributed by atoms with E-state index < -0.39 is 0 Å². The van der Waals surface area contributed by atoms with Crippen molar-refractivity contribution in [3.63, 3.8) is 0 Å². The first-order valence-electron chi connectivity index (χ1n) is 2.12. The summed E-state index contributed by atoms with van der Waals surface area (Å²) >= 11 is 0. The van der Waals surface area contributed by atoms with Crippen molar-refractivity contribution in [1.29, 1.82) is 0 Å². The van der Waals surface area contributed by atoms with Crippen LogP contribution in [-0.2, 0) is 0 Å². The minimum absolute atomic E-state index is 0. The lowest BCUT2D eigenvalue weighted by Gasteiger charge is -1.75. The monoisotopic (exact) mass is 144 g/mol. The number of hydrogen-bond acceptors (Lipinski definition) is 4. The summed E-state index contributed by atoms with van der Waals surface area (Å²) in [4.78, 5) is 0. The van der Waals surface area contributed by atoms with Gasteiger partial charge in [-0.15, -0.1) is 22.6 Å². The van der Waals surface area contributed by atoms with Gasteiger partial charge in [0.2, 0.25) is 0 Å². The van der Waals surface area contributed by atoms with Crippen LogP contribution in [0.15, 0.2) is 32.8 Å². The summed E-state index contributed by atoms with van der Waals surface area (Å²) in [5.74, 6) is 0. The van der Waals surface area contributed by atoms with Crippen LogP contribution in [0.5, 0.6) is 0 Å². The van der Waals surface area contributed by atoms with Crippen molar-refractivity contribution in [2.45, 2.75) is 0 Å². The van der Waals surface area contributed by atoms with Crippen LogP contribution in [0.25, 0.3) is 0 Å². The van der Waals surface area contributed by atoms with Gasteiger partial charge < -0.3 is 0 Å². The summed E-state index contributed by atoms with van der Waals surface area (Å²) in [6.45, 7) is 0. The minimum atomic E-state index is 0. The highest BCUT2D eigenvalue weighted by atomic mass is 35.5. The molecule has 0 atom stereocenters. The molecule has 0 radical (unpaired) electrons. The average Bonchev–Trinajstić information content (AvgIpc) is 1.62. The Morgan fingerprint density at radius 3 is 1.67 bits per heavy atom. The Morgan fingerprint density at radius 2 is 1.22 bits per heavy atom. The minimum Gasteiger partial charge on any atom is -0.147 e.